The Hall–Kier alpha value is -2.91. The van der Waals surface area contributed by atoms with Crippen molar-refractivity contribution < 1.29 is 13.2 Å². The van der Waals surface area contributed by atoms with Crippen LogP contribution in [-0.4, -0.2) is 29.5 Å². The first-order valence-electron chi connectivity index (χ1n) is 9.25. The summed E-state index contributed by atoms with van der Waals surface area (Å²) in [4.78, 5) is 24.8. The van der Waals surface area contributed by atoms with Crippen LogP contribution in [0.4, 0.5) is 5.69 Å². The van der Waals surface area contributed by atoms with E-state index in [4.69, 9.17) is 0 Å². The maximum absolute atomic E-state index is 12.4. The molecule has 3 aromatic rings. The maximum Gasteiger partial charge on any atom is 0.328 e. The highest BCUT2D eigenvalue weighted by molar-refractivity contribution is 7.89. The van der Waals surface area contributed by atoms with Crippen molar-refractivity contribution in [2.75, 3.05) is 5.32 Å². The molecule has 9 heteroatoms. The Bertz CT molecular complexity index is 1190. The number of anilines is 1. The van der Waals surface area contributed by atoms with Gasteiger partial charge in [-0.25, -0.2) is 17.9 Å². The second-order valence-electron chi connectivity index (χ2n) is 7.08. The highest BCUT2D eigenvalue weighted by Crippen LogP contribution is 2.15. The lowest BCUT2D eigenvalue weighted by Crippen LogP contribution is -2.30. The summed E-state index contributed by atoms with van der Waals surface area (Å²) in [5.74, 6) is -0.263. The number of amides is 1. The number of nitrogens with one attached hydrogen (secondary N) is 2. The molecule has 154 valence electrons. The topological polar surface area (TPSA) is 102 Å². The van der Waals surface area contributed by atoms with Crippen LogP contribution in [0.2, 0.25) is 0 Å². The molecule has 2 aromatic carbocycles. The predicted molar refractivity (Wildman–Crippen MR) is 112 cm³/mol. The fraction of sp³-hybridized carbons (Fsp3) is 0.300. The van der Waals surface area contributed by atoms with Gasteiger partial charge >= 0.3 is 5.69 Å². The molecule has 0 aliphatic rings. The second kappa shape index (κ2) is 8.22. The SMILES string of the molecule is CC(C)NS(=O)(=O)c1ccc(NC(=O)CCn2c(=O)n(C)c3ccccc32)cc1. The average molecular weight is 417 g/mol. The zero-order chi connectivity index (χ0) is 21.2. The van der Waals surface area contributed by atoms with Crippen LogP contribution in [0.15, 0.2) is 58.2 Å². The van der Waals surface area contributed by atoms with Gasteiger partial charge in [-0.2, -0.15) is 0 Å². The monoisotopic (exact) mass is 416 g/mol. The first kappa shape index (κ1) is 20.8. The van der Waals surface area contributed by atoms with Crippen LogP contribution in [0.3, 0.4) is 0 Å². The molecule has 0 radical (unpaired) electrons. The average Bonchev–Trinajstić information content (AvgIpc) is 2.90. The van der Waals surface area contributed by atoms with Gasteiger partial charge in [-0.05, 0) is 50.2 Å². The largest absolute Gasteiger partial charge is 0.328 e. The molecule has 0 atom stereocenters. The number of para-hydroxylation sites is 2. The number of carbonyl (C=O) groups is 1. The minimum atomic E-state index is -3.58. The van der Waals surface area contributed by atoms with Crippen LogP contribution in [0.1, 0.15) is 20.3 Å². The van der Waals surface area contributed by atoms with E-state index >= 15 is 0 Å². The molecule has 0 unspecified atom stereocenters. The Kier molecular flexibility index (Phi) is 5.90. The van der Waals surface area contributed by atoms with E-state index in [2.05, 4.69) is 10.0 Å². The molecule has 0 aliphatic carbocycles. The summed E-state index contributed by atoms with van der Waals surface area (Å²) < 4.78 is 29.9. The summed E-state index contributed by atoms with van der Waals surface area (Å²) in [7, 11) is -1.88. The van der Waals surface area contributed by atoms with Crippen molar-refractivity contribution >= 4 is 32.7 Å². The van der Waals surface area contributed by atoms with Gasteiger partial charge in [0.15, 0.2) is 0 Å². The minimum Gasteiger partial charge on any atom is -0.326 e. The molecule has 0 bridgehead atoms. The van der Waals surface area contributed by atoms with E-state index in [1.54, 1.807) is 30.0 Å². The molecular weight excluding hydrogens is 392 g/mol. The quantitative estimate of drug-likeness (QED) is 0.615. The molecule has 1 heterocycles. The Morgan fingerprint density at radius 3 is 2.28 bits per heavy atom. The summed E-state index contributed by atoms with van der Waals surface area (Å²) in [6, 6.07) is 13.2. The van der Waals surface area contributed by atoms with E-state index in [1.807, 2.05) is 24.3 Å². The summed E-state index contributed by atoms with van der Waals surface area (Å²) in [5, 5.41) is 2.73. The molecule has 3 rings (SSSR count). The van der Waals surface area contributed by atoms with Gasteiger partial charge in [0.2, 0.25) is 15.9 Å². The number of hydrogen-bond acceptors (Lipinski definition) is 4. The van der Waals surface area contributed by atoms with Crippen LogP contribution in [0.5, 0.6) is 0 Å². The number of benzene rings is 2. The number of fused-ring (bicyclic) bond motifs is 1. The highest BCUT2D eigenvalue weighted by Gasteiger charge is 2.15. The Balaban J connectivity index is 1.66. The van der Waals surface area contributed by atoms with Crippen LogP contribution < -0.4 is 15.7 Å². The fourth-order valence-electron chi connectivity index (χ4n) is 3.11. The third kappa shape index (κ3) is 4.57. The smallest absolute Gasteiger partial charge is 0.326 e. The van der Waals surface area contributed by atoms with E-state index < -0.39 is 10.0 Å². The number of imidazole rings is 1. The lowest BCUT2D eigenvalue weighted by molar-refractivity contribution is -0.116. The lowest BCUT2D eigenvalue weighted by atomic mass is 10.3. The third-order valence-electron chi connectivity index (χ3n) is 4.45. The Morgan fingerprint density at radius 1 is 1.03 bits per heavy atom. The number of nitrogens with zero attached hydrogens (tertiary/aromatic N) is 2. The van der Waals surface area contributed by atoms with Gasteiger partial charge in [0.1, 0.15) is 0 Å². The van der Waals surface area contributed by atoms with Crippen molar-refractivity contribution in [3.8, 4) is 0 Å². The van der Waals surface area contributed by atoms with Crippen LogP contribution in [0, 0.1) is 0 Å². The molecule has 8 nitrogen and oxygen atoms in total. The number of sulfonamides is 1. The standard InChI is InChI=1S/C20H24N4O4S/c1-14(2)22-29(27,28)16-10-8-15(9-11-16)21-19(25)12-13-24-18-7-5-4-6-17(18)23(3)20(24)26/h4-11,14,22H,12-13H2,1-3H3,(H,21,25). The number of carbonyl (C=O) groups excluding carboxylic acids is 1. The van der Waals surface area contributed by atoms with Crippen molar-refractivity contribution in [3.63, 3.8) is 0 Å². The summed E-state index contributed by atoms with van der Waals surface area (Å²) >= 11 is 0. The molecule has 0 saturated heterocycles. The summed E-state index contributed by atoms with van der Waals surface area (Å²) in [6.07, 6.45) is 0.114. The van der Waals surface area contributed by atoms with Crippen molar-refractivity contribution in [2.24, 2.45) is 7.05 Å². The minimum absolute atomic E-state index is 0.114. The van der Waals surface area contributed by atoms with Crippen molar-refractivity contribution in [1.82, 2.24) is 13.9 Å². The molecule has 0 spiro atoms. The highest BCUT2D eigenvalue weighted by atomic mass is 32.2. The Morgan fingerprint density at radius 2 is 1.66 bits per heavy atom. The predicted octanol–water partition coefficient (Wildman–Crippen LogP) is 2.06. The second-order valence-corrected chi connectivity index (χ2v) is 8.79. The number of aromatic nitrogens is 2. The molecular formula is C20H24N4O4S. The molecule has 29 heavy (non-hydrogen) atoms. The number of rotatable bonds is 7. The fourth-order valence-corrected chi connectivity index (χ4v) is 4.36. The van der Waals surface area contributed by atoms with E-state index in [1.165, 1.54) is 24.3 Å². The van der Waals surface area contributed by atoms with Gasteiger partial charge in [0.05, 0.1) is 15.9 Å². The zero-order valence-corrected chi connectivity index (χ0v) is 17.4. The first-order valence-corrected chi connectivity index (χ1v) is 10.7. The number of aryl methyl sites for hydroxylation is 2. The molecule has 2 N–H and O–H groups in total. The lowest BCUT2D eigenvalue weighted by Gasteiger charge is -2.10. The molecule has 0 fully saturated rings. The summed E-state index contributed by atoms with van der Waals surface area (Å²) in [6.45, 7) is 3.73. The van der Waals surface area contributed by atoms with Crippen LogP contribution in [-0.2, 0) is 28.4 Å². The normalized spacial score (nSPS) is 11.9. The van der Waals surface area contributed by atoms with E-state index in [9.17, 15) is 18.0 Å². The van der Waals surface area contributed by atoms with E-state index in [0.29, 0.717) is 5.69 Å². The van der Waals surface area contributed by atoms with Gasteiger partial charge in [0.25, 0.3) is 0 Å². The van der Waals surface area contributed by atoms with Crippen molar-refractivity contribution in [2.45, 2.75) is 37.8 Å². The van der Waals surface area contributed by atoms with Crippen LogP contribution >= 0.6 is 0 Å². The van der Waals surface area contributed by atoms with Crippen molar-refractivity contribution in [1.29, 1.82) is 0 Å². The van der Waals surface area contributed by atoms with Crippen molar-refractivity contribution in [3.05, 3.63) is 59.0 Å². The van der Waals surface area contributed by atoms with Gasteiger partial charge in [0, 0.05) is 31.7 Å². The van der Waals surface area contributed by atoms with Gasteiger partial charge in [-0.3, -0.25) is 13.9 Å². The van der Waals surface area contributed by atoms with Gasteiger partial charge < -0.3 is 5.32 Å². The van der Waals surface area contributed by atoms with E-state index in [0.717, 1.165) is 11.0 Å². The summed E-state index contributed by atoms with van der Waals surface area (Å²) in [5.41, 5.74) is 1.90. The van der Waals surface area contributed by atoms with E-state index in [-0.39, 0.29) is 35.5 Å². The van der Waals surface area contributed by atoms with Gasteiger partial charge in [-0.1, -0.05) is 12.1 Å². The molecule has 1 aromatic heterocycles. The maximum atomic E-state index is 12.4. The van der Waals surface area contributed by atoms with Gasteiger partial charge in [-0.15, -0.1) is 0 Å². The Labute approximate surface area is 169 Å². The van der Waals surface area contributed by atoms with Crippen LogP contribution in [0.25, 0.3) is 11.0 Å². The first-order chi connectivity index (χ1) is 13.7. The molecule has 1 amide bonds. The molecule has 0 aliphatic heterocycles. The molecule has 0 saturated carbocycles. The third-order valence-corrected chi connectivity index (χ3v) is 6.13. The zero-order valence-electron chi connectivity index (χ0n) is 16.5. The number of hydrogen-bond donors (Lipinski definition) is 2.